The van der Waals surface area contributed by atoms with E-state index < -0.39 is 11.9 Å². The van der Waals surface area contributed by atoms with Crippen LogP contribution in [0.15, 0.2) is 29.3 Å². The summed E-state index contributed by atoms with van der Waals surface area (Å²) in [5.74, 6) is -0.708. The molecule has 0 saturated carbocycles. The molecule has 0 aliphatic rings. The van der Waals surface area contributed by atoms with Crippen molar-refractivity contribution < 1.29 is 9.50 Å². The number of hydrogen-bond acceptors (Lipinski definition) is 2. The SMILES string of the molecule is C=C[C@@H](N)c1c(F)ccc(Br)c1O. The first-order valence-corrected chi connectivity index (χ1v) is 4.42. The van der Waals surface area contributed by atoms with Crippen LogP contribution in [0.25, 0.3) is 0 Å². The summed E-state index contributed by atoms with van der Waals surface area (Å²) >= 11 is 3.07. The summed E-state index contributed by atoms with van der Waals surface area (Å²) in [5.41, 5.74) is 5.59. The van der Waals surface area contributed by atoms with Crippen molar-refractivity contribution >= 4 is 15.9 Å². The molecule has 70 valence electrons. The molecule has 1 atom stereocenters. The number of nitrogens with two attached hydrogens (primary N) is 1. The van der Waals surface area contributed by atoms with Crippen LogP contribution in [0.5, 0.6) is 5.75 Å². The lowest BCUT2D eigenvalue weighted by Crippen LogP contribution is -2.09. The first-order valence-electron chi connectivity index (χ1n) is 3.63. The lowest BCUT2D eigenvalue weighted by molar-refractivity contribution is 0.452. The fraction of sp³-hybridized carbons (Fsp3) is 0.111. The number of aromatic hydroxyl groups is 1. The van der Waals surface area contributed by atoms with E-state index in [1.165, 1.54) is 18.2 Å². The van der Waals surface area contributed by atoms with Crippen molar-refractivity contribution in [2.24, 2.45) is 5.73 Å². The van der Waals surface area contributed by atoms with Gasteiger partial charge in [0.2, 0.25) is 0 Å². The summed E-state index contributed by atoms with van der Waals surface area (Å²) < 4.78 is 13.6. The maximum Gasteiger partial charge on any atom is 0.137 e. The van der Waals surface area contributed by atoms with Gasteiger partial charge in [-0.15, -0.1) is 6.58 Å². The number of rotatable bonds is 2. The Hall–Kier alpha value is -0.870. The van der Waals surface area contributed by atoms with Crippen molar-refractivity contribution in [2.45, 2.75) is 6.04 Å². The predicted molar refractivity (Wildman–Crippen MR) is 52.9 cm³/mol. The largest absolute Gasteiger partial charge is 0.506 e. The first-order chi connectivity index (χ1) is 6.07. The van der Waals surface area contributed by atoms with Gasteiger partial charge in [-0.1, -0.05) is 6.08 Å². The molecule has 0 aliphatic heterocycles. The zero-order chi connectivity index (χ0) is 10.0. The second-order valence-corrected chi connectivity index (χ2v) is 3.41. The number of phenols is 1. The van der Waals surface area contributed by atoms with Crippen LogP contribution in [0.4, 0.5) is 4.39 Å². The number of phenolic OH excluding ortho intramolecular Hbond substituents is 1. The average Bonchev–Trinajstić information content (AvgIpc) is 2.12. The molecule has 0 amide bonds. The lowest BCUT2D eigenvalue weighted by Gasteiger charge is -2.11. The molecule has 3 N–H and O–H groups in total. The van der Waals surface area contributed by atoms with Gasteiger partial charge >= 0.3 is 0 Å². The Balaban J connectivity index is 3.32. The summed E-state index contributed by atoms with van der Waals surface area (Å²) in [6.07, 6.45) is 1.37. The highest BCUT2D eigenvalue weighted by atomic mass is 79.9. The minimum atomic E-state index is -0.697. The summed E-state index contributed by atoms with van der Waals surface area (Å²) in [6.45, 7) is 3.43. The Labute approximate surface area is 84.0 Å². The Bertz CT molecular complexity index is 341. The summed E-state index contributed by atoms with van der Waals surface area (Å²) in [4.78, 5) is 0. The van der Waals surface area contributed by atoms with E-state index in [9.17, 15) is 9.50 Å². The minimum Gasteiger partial charge on any atom is -0.506 e. The fourth-order valence-corrected chi connectivity index (χ4v) is 1.34. The molecular formula is C9H9BrFNO. The Morgan fingerprint density at radius 3 is 2.77 bits per heavy atom. The molecule has 13 heavy (non-hydrogen) atoms. The van der Waals surface area contributed by atoms with Crippen LogP contribution in [0, 0.1) is 5.82 Å². The van der Waals surface area contributed by atoms with Crippen molar-refractivity contribution in [3.8, 4) is 5.75 Å². The molecule has 0 aromatic heterocycles. The molecule has 1 rings (SSSR count). The van der Waals surface area contributed by atoms with Crippen molar-refractivity contribution in [3.63, 3.8) is 0 Å². The average molecular weight is 246 g/mol. The molecular weight excluding hydrogens is 237 g/mol. The molecule has 0 heterocycles. The van der Waals surface area contributed by atoms with E-state index in [4.69, 9.17) is 5.73 Å². The van der Waals surface area contributed by atoms with E-state index in [1.807, 2.05) is 0 Å². The standard InChI is InChI=1S/C9H9BrFNO/c1-2-7(12)8-6(11)4-3-5(10)9(8)13/h2-4,7,13H,1,12H2/t7-/m1/s1. The van der Waals surface area contributed by atoms with E-state index in [1.54, 1.807) is 0 Å². The third-order valence-electron chi connectivity index (χ3n) is 1.70. The molecule has 0 saturated heterocycles. The maximum atomic E-state index is 13.2. The summed E-state index contributed by atoms with van der Waals surface area (Å²) in [6, 6.07) is 1.96. The quantitative estimate of drug-likeness (QED) is 0.787. The highest BCUT2D eigenvalue weighted by Crippen LogP contribution is 2.33. The Morgan fingerprint density at radius 1 is 1.62 bits per heavy atom. The normalized spacial score (nSPS) is 12.5. The smallest absolute Gasteiger partial charge is 0.137 e. The van der Waals surface area contributed by atoms with E-state index >= 15 is 0 Å². The molecule has 0 spiro atoms. The number of hydrogen-bond donors (Lipinski definition) is 2. The molecule has 0 aliphatic carbocycles. The molecule has 0 fully saturated rings. The van der Waals surface area contributed by atoms with Gasteiger partial charge in [-0.25, -0.2) is 4.39 Å². The van der Waals surface area contributed by atoms with Crippen molar-refractivity contribution in [1.29, 1.82) is 0 Å². The molecule has 0 unspecified atom stereocenters. The third kappa shape index (κ3) is 1.89. The summed E-state index contributed by atoms with van der Waals surface area (Å²) in [5, 5.41) is 9.47. The highest BCUT2D eigenvalue weighted by Gasteiger charge is 2.15. The van der Waals surface area contributed by atoms with Crippen molar-refractivity contribution in [3.05, 3.63) is 40.6 Å². The Morgan fingerprint density at radius 2 is 2.23 bits per heavy atom. The van der Waals surface area contributed by atoms with Crippen LogP contribution in [0.2, 0.25) is 0 Å². The van der Waals surface area contributed by atoms with Gasteiger partial charge in [0.1, 0.15) is 11.6 Å². The predicted octanol–water partition coefficient (Wildman–Crippen LogP) is 2.48. The van der Waals surface area contributed by atoms with Gasteiger partial charge in [0.15, 0.2) is 0 Å². The third-order valence-corrected chi connectivity index (χ3v) is 2.34. The molecule has 4 heteroatoms. The van der Waals surface area contributed by atoms with Gasteiger partial charge in [0.05, 0.1) is 16.1 Å². The second kappa shape index (κ2) is 3.89. The first kappa shape index (κ1) is 10.2. The van der Waals surface area contributed by atoms with Crippen LogP contribution in [0.1, 0.15) is 11.6 Å². The van der Waals surface area contributed by atoms with Gasteiger partial charge in [-0.05, 0) is 28.1 Å². The zero-order valence-electron chi connectivity index (χ0n) is 6.80. The fourth-order valence-electron chi connectivity index (χ4n) is 0.992. The van der Waals surface area contributed by atoms with Gasteiger partial charge < -0.3 is 10.8 Å². The number of benzene rings is 1. The van der Waals surface area contributed by atoms with Gasteiger partial charge in [-0.2, -0.15) is 0 Å². The van der Waals surface area contributed by atoms with Crippen LogP contribution in [0.3, 0.4) is 0 Å². The highest BCUT2D eigenvalue weighted by molar-refractivity contribution is 9.10. The van der Waals surface area contributed by atoms with Crippen LogP contribution >= 0.6 is 15.9 Å². The van der Waals surface area contributed by atoms with E-state index in [2.05, 4.69) is 22.5 Å². The molecule has 2 nitrogen and oxygen atoms in total. The molecule has 1 aromatic rings. The van der Waals surface area contributed by atoms with Crippen LogP contribution in [-0.2, 0) is 0 Å². The van der Waals surface area contributed by atoms with Crippen LogP contribution in [-0.4, -0.2) is 5.11 Å². The van der Waals surface area contributed by atoms with E-state index in [0.717, 1.165) is 0 Å². The van der Waals surface area contributed by atoms with Crippen LogP contribution < -0.4 is 5.73 Å². The van der Waals surface area contributed by atoms with Gasteiger partial charge in [-0.3, -0.25) is 0 Å². The maximum absolute atomic E-state index is 13.2. The molecule has 0 bridgehead atoms. The second-order valence-electron chi connectivity index (χ2n) is 2.55. The van der Waals surface area contributed by atoms with Crippen molar-refractivity contribution in [1.82, 2.24) is 0 Å². The van der Waals surface area contributed by atoms with E-state index in [0.29, 0.717) is 4.47 Å². The van der Waals surface area contributed by atoms with Gasteiger partial charge in [0, 0.05) is 0 Å². The van der Waals surface area contributed by atoms with Crippen molar-refractivity contribution in [2.75, 3.05) is 0 Å². The van der Waals surface area contributed by atoms with E-state index in [-0.39, 0.29) is 11.3 Å². The topological polar surface area (TPSA) is 46.2 Å². The lowest BCUT2D eigenvalue weighted by atomic mass is 10.1. The zero-order valence-corrected chi connectivity index (χ0v) is 8.38. The monoisotopic (exact) mass is 245 g/mol. The minimum absolute atomic E-state index is 0.0596. The number of halogens is 2. The Kier molecular flexibility index (Phi) is 3.06. The molecule has 0 radical (unpaired) electrons. The summed E-state index contributed by atoms with van der Waals surface area (Å²) in [7, 11) is 0. The molecule has 1 aromatic carbocycles. The van der Waals surface area contributed by atoms with Gasteiger partial charge in [0.25, 0.3) is 0 Å².